The molecule has 0 bridgehead atoms. The van der Waals surface area contributed by atoms with Gasteiger partial charge in [0.1, 0.15) is 30.5 Å². The number of carbonyl (C=O) groups excluding carboxylic acids is 1. The van der Waals surface area contributed by atoms with E-state index in [1.165, 1.54) is 0 Å². The molecule has 0 aliphatic heterocycles. The van der Waals surface area contributed by atoms with Crippen LogP contribution in [0.4, 0.5) is 5.69 Å². The highest BCUT2D eigenvalue weighted by molar-refractivity contribution is 6.06. The summed E-state index contributed by atoms with van der Waals surface area (Å²) in [5.41, 5.74) is 1.16. The lowest BCUT2D eigenvalue weighted by molar-refractivity contribution is 0.102. The van der Waals surface area contributed by atoms with E-state index in [-0.39, 0.29) is 5.91 Å². The molecule has 0 atom stereocenters. The number of rotatable bonds is 10. The van der Waals surface area contributed by atoms with Crippen LogP contribution < -0.4 is 19.5 Å². The van der Waals surface area contributed by atoms with Crippen molar-refractivity contribution in [2.75, 3.05) is 25.1 Å². The minimum Gasteiger partial charge on any atom is -0.493 e. The van der Waals surface area contributed by atoms with E-state index in [1.54, 1.807) is 18.2 Å². The normalized spacial score (nSPS) is 10.2. The van der Waals surface area contributed by atoms with Crippen LogP contribution in [-0.2, 0) is 0 Å². The van der Waals surface area contributed by atoms with Crippen LogP contribution in [0.25, 0.3) is 0 Å². The number of hydrogen-bond donors (Lipinski definition) is 1. The van der Waals surface area contributed by atoms with Crippen molar-refractivity contribution in [1.82, 2.24) is 0 Å². The smallest absolute Gasteiger partial charge is 0.259 e. The van der Waals surface area contributed by atoms with E-state index in [2.05, 4.69) is 5.32 Å². The van der Waals surface area contributed by atoms with Gasteiger partial charge in [0.15, 0.2) is 0 Å². The van der Waals surface area contributed by atoms with E-state index < -0.39 is 0 Å². The summed E-state index contributed by atoms with van der Waals surface area (Å²) in [6.45, 7) is 3.43. The van der Waals surface area contributed by atoms with E-state index in [0.29, 0.717) is 42.6 Å². The summed E-state index contributed by atoms with van der Waals surface area (Å²) in [4.78, 5) is 12.7. The summed E-state index contributed by atoms with van der Waals surface area (Å²) in [6.07, 6.45) is 0.878. The van der Waals surface area contributed by atoms with Gasteiger partial charge in [0.25, 0.3) is 5.91 Å². The molecule has 0 aliphatic rings. The maximum atomic E-state index is 12.7. The summed E-state index contributed by atoms with van der Waals surface area (Å²) in [6, 6.07) is 24.1. The summed E-state index contributed by atoms with van der Waals surface area (Å²) in [5.74, 6) is 1.83. The van der Waals surface area contributed by atoms with Gasteiger partial charge in [0.2, 0.25) is 0 Å². The van der Waals surface area contributed by atoms with Crippen molar-refractivity contribution in [3.05, 3.63) is 84.4 Å². The minimum atomic E-state index is -0.221. The van der Waals surface area contributed by atoms with Crippen LogP contribution in [0.5, 0.6) is 17.2 Å². The first-order valence-corrected chi connectivity index (χ1v) is 9.70. The van der Waals surface area contributed by atoms with Crippen LogP contribution in [0, 0.1) is 0 Å². The Morgan fingerprint density at radius 3 is 2.24 bits per heavy atom. The Hall–Kier alpha value is -3.47. The van der Waals surface area contributed by atoms with Gasteiger partial charge in [-0.25, -0.2) is 0 Å². The Morgan fingerprint density at radius 1 is 0.759 bits per heavy atom. The van der Waals surface area contributed by atoms with Crippen LogP contribution in [0.2, 0.25) is 0 Å². The van der Waals surface area contributed by atoms with Gasteiger partial charge in [-0.1, -0.05) is 43.3 Å². The van der Waals surface area contributed by atoms with E-state index in [4.69, 9.17) is 14.2 Å². The predicted molar refractivity (Wildman–Crippen MR) is 114 cm³/mol. The van der Waals surface area contributed by atoms with Crippen LogP contribution >= 0.6 is 0 Å². The number of para-hydroxylation sites is 2. The summed E-state index contributed by atoms with van der Waals surface area (Å²) in [7, 11) is 0. The second kappa shape index (κ2) is 10.8. The number of carbonyl (C=O) groups is 1. The molecule has 1 N–H and O–H groups in total. The molecular formula is C24H25NO4. The van der Waals surface area contributed by atoms with Crippen molar-refractivity contribution in [2.45, 2.75) is 13.3 Å². The van der Waals surface area contributed by atoms with Gasteiger partial charge in [0.05, 0.1) is 12.2 Å². The fraction of sp³-hybridized carbons (Fsp3) is 0.208. The second-order valence-electron chi connectivity index (χ2n) is 6.34. The quantitative estimate of drug-likeness (QED) is 0.484. The molecular weight excluding hydrogens is 366 g/mol. The molecule has 0 spiro atoms. The van der Waals surface area contributed by atoms with Crippen molar-refractivity contribution in [1.29, 1.82) is 0 Å². The first-order chi connectivity index (χ1) is 14.3. The highest BCUT2D eigenvalue weighted by atomic mass is 16.5. The van der Waals surface area contributed by atoms with Crippen LogP contribution in [0.1, 0.15) is 23.7 Å². The Kier molecular flexibility index (Phi) is 7.52. The monoisotopic (exact) mass is 391 g/mol. The molecule has 1 amide bonds. The molecule has 3 aromatic rings. The zero-order valence-corrected chi connectivity index (χ0v) is 16.5. The third kappa shape index (κ3) is 6.28. The highest BCUT2D eigenvalue weighted by Crippen LogP contribution is 2.22. The number of hydrogen-bond acceptors (Lipinski definition) is 4. The third-order valence-corrected chi connectivity index (χ3v) is 4.05. The molecule has 0 aliphatic carbocycles. The molecule has 0 saturated heterocycles. The van der Waals surface area contributed by atoms with Gasteiger partial charge in [-0.15, -0.1) is 0 Å². The first-order valence-electron chi connectivity index (χ1n) is 9.70. The largest absolute Gasteiger partial charge is 0.493 e. The summed E-state index contributed by atoms with van der Waals surface area (Å²) in [5, 5.41) is 2.90. The lowest BCUT2D eigenvalue weighted by Crippen LogP contribution is -2.14. The van der Waals surface area contributed by atoms with Gasteiger partial charge < -0.3 is 19.5 Å². The van der Waals surface area contributed by atoms with Crippen molar-refractivity contribution in [2.24, 2.45) is 0 Å². The maximum Gasteiger partial charge on any atom is 0.259 e. The zero-order chi connectivity index (χ0) is 20.3. The molecule has 0 unspecified atom stereocenters. The van der Waals surface area contributed by atoms with Gasteiger partial charge >= 0.3 is 0 Å². The Balaban J connectivity index is 1.55. The molecule has 3 rings (SSSR count). The fourth-order valence-electron chi connectivity index (χ4n) is 2.69. The summed E-state index contributed by atoms with van der Waals surface area (Å²) >= 11 is 0. The van der Waals surface area contributed by atoms with Crippen LogP contribution in [0.3, 0.4) is 0 Å². The number of amides is 1. The standard InChI is InChI=1S/C24H25NO4/c1-2-15-29-23-14-7-6-13-22(23)24(26)25-19-9-8-12-21(18-19)28-17-16-27-20-10-4-3-5-11-20/h3-14,18H,2,15-17H2,1H3,(H,25,26). The van der Waals surface area contributed by atoms with E-state index >= 15 is 0 Å². The third-order valence-electron chi connectivity index (χ3n) is 4.05. The average molecular weight is 391 g/mol. The Labute approximate surface area is 171 Å². The minimum absolute atomic E-state index is 0.221. The topological polar surface area (TPSA) is 56.8 Å². The number of benzene rings is 3. The Morgan fingerprint density at radius 2 is 1.45 bits per heavy atom. The van der Waals surface area contributed by atoms with Gasteiger partial charge in [-0.3, -0.25) is 4.79 Å². The molecule has 0 radical (unpaired) electrons. The molecule has 0 fully saturated rings. The van der Waals surface area contributed by atoms with Gasteiger partial charge in [-0.2, -0.15) is 0 Å². The molecule has 0 saturated carbocycles. The summed E-state index contributed by atoms with van der Waals surface area (Å²) < 4.78 is 17.0. The fourth-order valence-corrected chi connectivity index (χ4v) is 2.69. The van der Waals surface area contributed by atoms with E-state index in [0.717, 1.165) is 12.2 Å². The average Bonchev–Trinajstić information content (AvgIpc) is 2.76. The van der Waals surface area contributed by atoms with Gasteiger partial charge in [-0.05, 0) is 42.8 Å². The molecule has 5 nitrogen and oxygen atoms in total. The molecule has 0 heterocycles. The van der Waals surface area contributed by atoms with E-state index in [1.807, 2.05) is 67.6 Å². The van der Waals surface area contributed by atoms with Crippen LogP contribution in [0.15, 0.2) is 78.9 Å². The molecule has 29 heavy (non-hydrogen) atoms. The second-order valence-corrected chi connectivity index (χ2v) is 6.34. The van der Waals surface area contributed by atoms with Crippen molar-refractivity contribution in [3.63, 3.8) is 0 Å². The maximum absolute atomic E-state index is 12.7. The molecule has 0 aromatic heterocycles. The number of ether oxygens (including phenoxy) is 3. The highest BCUT2D eigenvalue weighted by Gasteiger charge is 2.12. The lowest BCUT2D eigenvalue weighted by Gasteiger charge is -2.12. The van der Waals surface area contributed by atoms with Crippen molar-refractivity contribution in [3.8, 4) is 17.2 Å². The SMILES string of the molecule is CCCOc1ccccc1C(=O)Nc1cccc(OCCOc2ccccc2)c1. The van der Waals surface area contributed by atoms with Crippen molar-refractivity contribution >= 4 is 11.6 Å². The molecule has 150 valence electrons. The lowest BCUT2D eigenvalue weighted by atomic mass is 10.2. The molecule has 3 aromatic carbocycles. The number of nitrogens with one attached hydrogen (secondary N) is 1. The van der Waals surface area contributed by atoms with Gasteiger partial charge in [0, 0.05) is 11.8 Å². The zero-order valence-electron chi connectivity index (χ0n) is 16.5. The number of anilines is 1. The van der Waals surface area contributed by atoms with Crippen molar-refractivity contribution < 1.29 is 19.0 Å². The van der Waals surface area contributed by atoms with Crippen LogP contribution in [-0.4, -0.2) is 25.7 Å². The molecule has 5 heteroatoms. The Bertz CT molecular complexity index is 912. The van der Waals surface area contributed by atoms with E-state index in [9.17, 15) is 4.79 Å². The predicted octanol–water partition coefficient (Wildman–Crippen LogP) is 5.19. The first kappa shape index (κ1) is 20.3.